The van der Waals surface area contributed by atoms with Crippen LogP contribution in [0.15, 0.2) is 48.5 Å². The van der Waals surface area contributed by atoms with Gasteiger partial charge in [0, 0.05) is 38.4 Å². The number of rotatable bonds is 5. The Morgan fingerprint density at radius 2 is 2.11 bits per heavy atom. The number of hydrogen-bond acceptors (Lipinski definition) is 3. The molecule has 1 N–H and O–H groups in total. The maximum absolute atomic E-state index is 12.2. The Morgan fingerprint density at radius 1 is 1.25 bits per heavy atom. The van der Waals surface area contributed by atoms with Gasteiger partial charge in [-0.2, -0.15) is 0 Å². The first-order valence-electron chi connectivity index (χ1n) is 9.84. The molecule has 3 aromatic rings. The fourth-order valence-electron chi connectivity index (χ4n) is 3.91. The molecule has 0 aliphatic carbocycles. The van der Waals surface area contributed by atoms with Crippen LogP contribution in [0.25, 0.3) is 17.1 Å². The zero-order valence-corrected chi connectivity index (χ0v) is 16.5. The highest BCUT2D eigenvalue weighted by Gasteiger charge is 2.13. The molecule has 0 saturated heterocycles. The minimum Gasteiger partial charge on any atom is -0.374 e. The quantitative estimate of drug-likeness (QED) is 0.695. The summed E-state index contributed by atoms with van der Waals surface area (Å²) in [4.78, 5) is 19.1. The summed E-state index contributed by atoms with van der Waals surface area (Å²) >= 11 is 0. The predicted molar refractivity (Wildman–Crippen MR) is 115 cm³/mol. The van der Waals surface area contributed by atoms with Crippen LogP contribution in [0, 0.1) is 6.92 Å². The highest BCUT2D eigenvalue weighted by atomic mass is 16.1. The minimum absolute atomic E-state index is 0.0723. The van der Waals surface area contributed by atoms with Gasteiger partial charge in [0.05, 0.1) is 11.0 Å². The number of fused-ring (bicyclic) bond motifs is 2. The van der Waals surface area contributed by atoms with Crippen molar-refractivity contribution in [2.24, 2.45) is 0 Å². The van der Waals surface area contributed by atoms with Crippen molar-refractivity contribution in [3.05, 3.63) is 65.5 Å². The van der Waals surface area contributed by atoms with Crippen LogP contribution in [0.1, 0.15) is 23.4 Å². The first kappa shape index (κ1) is 18.3. The van der Waals surface area contributed by atoms with E-state index < -0.39 is 0 Å². The summed E-state index contributed by atoms with van der Waals surface area (Å²) in [6.45, 7) is 4.38. The van der Waals surface area contributed by atoms with Crippen molar-refractivity contribution in [2.75, 3.05) is 25.0 Å². The summed E-state index contributed by atoms with van der Waals surface area (Å²) in [6.07, 6.45) is 5.79. The van der Waals surface area contributed by atoms with Crippen LogP contribution in [0.2, 0.25) is 0 Å². The first-order chi connectivity index (χ1) is 13.6. The van der Waals surface area contributed by atoms with E-state index in [9.17, 15) is 4.79 Å². The lowest BCUT2D eigenvalue weighted by Gasteiger charge is -2.27. The Hall–Kier alpha value is -3.08. The zero-order chi connectivity index (χ0) is 19.5. The van der Waals surface area contributed by atoms with Gasteiger partial charge in [0.25, 0.3) is 0 Å². The van der Waals surface area contributed by atoms with Crippen molar-refractivity contribution in [1.29, 1.82) is 0 Å². The van der Waals surface area contributed by atoms with Crippen molar-refractivity contribution in [3.63, 3.8) is 0 Å². The van der Waals surface area contributed by atoms with Gasteiger partial charge in [0.15, 0.2) is 0 Å². The Kier molecular flexibility index (Phi) is 5.15. The molecule has 1 aromatic heterocycles. The lowest BCUT2D eigenvalue weighted by atomic mass is 9.99. The molecule has 1 aliphatic heterocycles. The first-order valence-corrected chi connectivity index (χ1v) is 9.84. The Balaban J connectivity index is 1.35. The summed E-state index contributed by atoms with van der Waals surface area (Å²) in [5, 5.41) is 2.97. The molecule has 2 aromatic carbocycles. The molecule has 144 valence electrons. The average molecular weight is 374 g/mol. The van der Waals surface area contributed by atoms with E-state index in [4.69, 9.17) is 0 Å². The number of anilines is 1. The van der Waals surface area contributed by atoms with E-state index in [1.807, 2.05) is 31.2 Å². The van der Waals surface area contributed by atoms with E-state index in [-0.39, 0.29) is 5.91 Å². The van der Waals surface area contributed by atoms with Crippen LogP contribution >= 0.6 is 0 Å². The molecule has 0 fully saturated rings. The number of benzene rings is 2. The molecule has 5 heteroatoms. The molecule has 0 unspecified atom stereocenters. The maximum atomic E-state index is 12.2. The third-order valence-corrected chi connectivity index (χ3v) is 5.36. The lowest BCUT2D eigenvalue weighted by molar-refractivity contribution is -0.116. The average Bonchev–Trinajstić information content (AvgIpc) is 3.02. The van der Waals surface area contributed by atoms with Gasteiger partial charge < -0.3 is 14.8 Å². The molecule has 4 rings (SSSR count). The molecule has 0 saturated carbocycles. The summed E-state index contributed by atoms with van der Waals surface area (Å²) in [6, 6.07) is 14.5. The number of hydrogen-bond donors (Lipinski definition) is 1. The third-order valence-electron chi connectivity index (χ3n) is 5.36. The maximum Gasteiger partial charge on any atom is 0.244 e. The Morgan fingerprint density at radius 3 is 3.00 bits per heavy atom. The number of carbonyl (C=O) groups is 1. The summed E-state index contributed by atoms with van der Waals surface area (Å²) in [5.74, 6) is 0.891. The van der Waals surface area contributed by atoms with Crippen molar-refractivity contribution in [1.82, 2.24) is 14.9 Å². The minimum atomic E-state index is -0.0723. The van der Waals surface area contributed by atoms with E-state index in [1.54, 1.807) is 6.08 Å². The fourth-order valence-corrected chi connectivity index (χ4v) is 3.91. The standard InChI is InChI=1S/C23H26N4O/c1-17-25-20-7-3-4-8-22(20)27(17)15-13-24-23(28)12-10-18-9-11-21-19(16-18)6-5-14-26(21)2/h3-4,7-12,16H,5-6,13-15H2,1-2H3,(H,24,28). The van der Waals surface area contributed by atoms with Crippen LogP contribution < -0.4 is 10.2 Å². The molecule has 0 spiro atoms. The highest BCUT2D eigenvalue weighted by Crippen LogP contribution is 2.27. The smallest absolute Gasteiger partial charge is 0.244 e. The van der Waals surface area contributed by atoms with Crippen molar-refractivity contribution < 1.29 is 4.79 Å². The van der Waals surface area contributed by atoms with Crippen molar-refractivity contribution >= 4 is 28.7 Å². The third kappa shape index (κ3) is 3.79. The Bertz CT molecular complexity index is 1030. The molecule has 1 amide bonds. The van der Waals surface area contributed by atoms with Crippen molar-refractivity contribution in [2.45, 2.75) is 26.3 Å². The number of imidazole rings is 1. The van der Waals surface area contributed by atoms with E-state index in [2.05, 4.69) is 51.1 Å². The van der Waals surface area contributed by atoms with Gasteiger partial charge in [-0.1, -0.05) is 18.2 Å². The Labute approximate surface area is 165 Å². The number of nitrogens with zero attached hydrogens (tertiary/aromatic N) is 3. The topological polar surface area (TPSA) is 50.2 Å². The van der Waals surface area contributed by atoms with Crippen LogP contribution in [0.5, 0.6) is 0 Å². The summed E-state index contributed by atoms with van der Waals surface area (Å²) in [7, 11) is 2.13. The zero-order valence-electron chi connectivity index (χ0n) is 16.5. The van der Waals surface area contributed by atoms with Crippen LogP contribution in [0.3, 0.4) is 0 Å². The number of carbonyl (C=O) groups excluding carboxylic acids is 1. The number of amides is 1. The molecule has 1 aliphatic rings. The normalized spacial score (nSPS) is 13.9. The van der Waals surface area contributed by atoms with E-state index >= 15 is 0 Å². The molecule has 2 heterocycles. The van der Waals surface area contributed by atoms with Gasteiger partial charge in [-0.25, -0.2) is 4.98 Å². The predicted octanol–water partition coefficient (Wildman–Crippen LogP) is 3.56. The fraction of sp³-hybridized carbons (Fsp3) is 0.304. The molecule has 28 heavy (non-hydrogen) atoms. The highest BCUT2D eigenvalue weighted by molar-refractivity contribution is 5.91. The van der Waals surface area contributed by atoms with Gasteiger partial charge in [0.2, 0.25) is 5.91 Å². The van der Waals surface area contributed by atoms with Gasteiger partial charge in [-0.05, 0) is 61.2 Å². The number of aromatic nitrogens is 2. The van der Waals surface area contributed by atoms with Gasteiger partial charge in [-0.3, -0.25) is 4.79 Å². The summed E-state index contributed by atoms with van der Waals surface area (Å²) < 4.78 is 2.14. The van der Waals surface area contributed by atoms with Crippen molar-refractivity contribution in [3.8, 4) is 0 Å². The molecule has 0 radical (unpaired) electrons. The van der Waals surface area contributed by atoms with Crippen LogP contribution in [0.4, 0.5) is 5.69 Å². The van der Waals surface area contributed by atoms with Gasteiger partial charge in [0.1, 0.15) is 5.82 Å². The van der Waals surface area contributed by atoms with E-state index in [1.165, 1.54) is 17.7 Å². The number of para-hydroxylation sites is 2. The SMILES string of the molecule is Cc1nc2ccccc2n1CCNC(=O)C=Cc1ccc2c(c1)CCCN2C. The number of aryl methyl sites for hydroxylation is 2. The van der Waals surface area contributed by atoms with Crippen LogP contribution in [-0.4, -0.2) is 35.6 Å². The second-order valence-corrected chi connectivity index (χ2v) is 7.34. The van der Waals surface area contributed by atoms with E-state index in [0.29, 0.717) is 13.1 Å². The summed E-state index contributed by atoms with van der Waals surface area (Å²) in [5.41, 5.74) is 5.82. The largest absolute Gasteiger partial charge is 0.374 e. The molecule has 0 bridgehead atoms. The molecular weight excluding hydrogens is 348 g/mol. The number of nitrogens with one attached hydrogen (secondary N) is 1. The second kappa shape index (κ2) is 7.89. The lowest BCUT2D eigenvalue weighted by Crippen LogP contribution is -2.25. The monoisotopic (exact) mass is 374 g/mol. The van der Waals surface area contributed by atoms with E-state index in [0.717, 1.165) is 35.4 Å². The van der Waals surface area contributed by atoms with Gasteiger partial charge >= 0.3 is 0 Å². The van der Waals surface area contributed by atoms with Crippen LogP contribution in [-0.2, 0) is 17.8 Å². The second-order valence-electron chi connectivity index (χ2n) is 7.34. The molecule has 5 nitrogen and oxygen atoms in total. The molecule has 0 atom stereocenters. The van der Waals surface area contributed by atoms with Gasteiger partial charge in [-0.15, -0.1) is 0 Å². The molecular formula is C23H26N4O.